The van der Waals surface area contributed by atoms with Crippen LogP contribution in [-0.2, 0) is 20.5 Å². The number of aromatic nitrogens is 1. The average Bonchev–Trinajstić information content (AvgIpc) is 3.21. The number of benzene rings is 1. The molecule has 1 saturated heterocycles. The van der Waals surface area contributed by atoms with Crippen molar-refractivity contribution in [3.8, 4) is 11.1 Å². The summed E-state index contributed by atoms with van der Waals surface area (Å²) in [5.41, 5.74) is -0.522. The quantitative estimate of drug-likeness (QED) is 0.672. The lowest BCUT2D eigenvalue weighted by atomic mass is 9.89. The lowest BCUT2D eigenvalue weighted by Crippen LogP contribution is -2.46. The van der Waals surface area contributed by atoms with Crippen LogP contribution in [0.2, 0.25) is 0 Å². The zero-order valence-electron chi connectivity index (χ0n) is 18.1. The second kappa shape index (κ2) is 7.94. The minimum atomic E-state index is -3.85. The molecule has 0 saturated carbocycles. The Morgan fingerprint density at radius 2 is 1.91 bits per heavy atom. The third-order valence-corrected chi connectivity index (χ3v) is 6.35. The summed E-state index contributed by atoms with van der Waals surface area (Å²) in [4.78, 5) is 11.2. The number of pyridine rings is 1. The normalized spacial score (nSPS) is 24.6. The summed E-state index contributed by atoms with van der Waals surface area (Å²) in [7, 11) is -3.85. The van der Waals surface area contributed by atoms with Crippen molar-refractivity contribution in [3.05, 3.63) is 53.4 Å². The molecule has 1 unspecified atom stereocenters. The van der Waals surface area contributed by atoms with E-state index in [1.54, 1.807) is 19.9 Å². The summed E-state index contributed by atoms with van der Waals surface area (Å²) >= 11 is 0. The minimum Gasteiger partial charge on any atom is -0.381 e. The van der Waals surface area contributed by atoms with E-state index in [9.17, 15) is 26.0 Å². The standard InChI is InChI=1S/C21H22F4N4O3S/c1-12-7-13(18-14(22)5-4-6-15(18)23)19(26-9-12)20(2)8-17(27-32-20)29-10-16(21(24,25)11-29)28-33(3,30)31/h4-7,9,16,28H,8,10-11H2,1-3H3/t16-,20?/m1/s1. The van der Waals surface area contributed by atoms with E-state index < -0.39 is 45.8 Å². The van der Waals surface area contributed by atoms with E-state index in [-0.39, 0.29) is 35.6 Å². The number of halogens is 4. The Bertz CT molecular complexity index is 1220. The van der Waals surface area contributed by atoms with Gasteiger partial charge in [0, 0.05) is 18.3 Å². The summed E-state index contributed by atoms with van der Waals surface area (Å²) in [5.74, 6) is -4.72. The first-order chi connectivity index (χ1) is 15.3. The molecule has 0 amide bonds. The number of amidine groups is 1. The number of sulfonamides is 1. The molecule has 0 bridgehead atoms. The maximum absolute atomic E-state index is 14.6. The van der Waals surface area contributed by atoms with Gasteiger partial charge in [0.1, 0.15) is 23.5 Å². The topological polar surface area (TPSA) is 83.9 Å². The van der Waals surface area contributed by atoms with Gasteiger partial charge in [0.05, 0.1) is 30.5 Å². The molecule has 2 aromatic rings. The highest BCUT2D eigenvalue weighted by molar-refractivity contribution is 7.88. The molecule has 2 aliphatic heterocycles. The Balaban J connectivity index is 1.64. The fraction of sp³-hybridized carbons (Fsp3) is 0.429. The molecule has 0 aliphatic carbocycles. The smallest absolute Gasteiger partial charge is 0.282 e. The molecule has 2 aliphatic rings. The summed E-state index contributed by atoms with van der Waals surface area (Å²) < 4.78 is 82.8. The first kappa shape index (κ1) is 23.4. The molecule has 1 aromatic carbocycles. The molecule has 1 aromatic heterocycles. The van der Waals surface area contributed by atoms with Crippen LogP contribution < -0.4 is 4.72 Å². The molecule has 1 N–H and O–H groups in total. The van der Waals surface area contributed by atoms with Gasteiger partial charge in [0.15, 0.2) is 5.60 Å². The molecule has 12 heteroatoms. The van der Waals surface area contributed by atoms with Crippen molar-refractivity contribution >= 4 is 15.9 Å². The number of alkyl halides is 2. The van der Waals surface area contributed by atoms with Gasteiger partial charge in [-0.1, -0.05) is 11.2 Å². The molecule has 0 spiro atoms. The van der Waals surface area contributed by atoms with Crippen molar-refractivity contribution in [2.45, 2.75) is 37.8 Å². The summed E-state index contributed by atoms with van der Waals surface area (Å²) in [6.45, 7) is 2.26. The number of hydrogen-bond donors (Lipinski definition) is 1. The van der Waals surface area contributed by atoms with Crippen LogP contribution in [0.5, 0.6) is 0 Å². The summed E-state index contributed by atoms with van der Waals surface area (Å²) in [6.07, 6.45) is 2.32. The van der Waals surface area contributed by atoms with Crippen LogP contribution in [0.15, 0.2) is 35.6 Å². The third kappa shape index (κ3) is 4.54. The average molecular weight is 486 g/mol. The largest absolute Gasteiger partial charge is 0.381 e. The first-order valence-corrected chi connectivity index (χ1v) is 11.9. The molecule has 2 atom stereocenters. The highest BCUT2D eigenvalue weighted by Gasteiger charge is 2.52. The van der Waals surface area contributed by atoms with Crippen LogP contribution in [0.4, 0.5) is 17.6 Å². The molecule has 1 fully saturated rings. The molecule has 4 rings (SSSR count). The van der Waals surface area contributed by atoms with Crippen molar-refractivity contribution in [2.24, 2.45) is 5.16 Å². The highest BCUT2D eigenvalue weighted by Crippen LogP contribution is 2.42. The fourth-order valence-corrected chi connectivity index (χ4v) is 4.88. The Morgan fingerprint density at radius 1 is 1.24 bits per heavy atom. The van der Waals surface area contributed by atoms with Crippen LogP contribution in [0.3, 0.4) is 0 Å². The zero-order valence-corrected chi connectivity index (χ0v) is 18.9. The third-order valence-electron chi connectivity index (χ3n) is 5.64. The van der Waals surface area contributed by atoms with E-state index >= 15 is 0 Å². The maximum atomic E-state index is 14.6. The fourth-order valence-electron chi connectivity index (χ4n) is 4.11. The van der Waals surface area contributed by atoms with E-state index in [1.165, 1.54) is 17.2 Å². The molecular formula is C21H22F4N4O3S. The highest BCUT2D eigenvalue weighted by atomic mass is 32.2. The Labute approximate surface area is 188 Å². The van der Waals surface area contributed by atoms with Gasteiger partial charge in [-0.2, -0.15) is 0 Å². The van der Waals surface area contributed by atoms with Crippen molar-refractivity contribution < 1.29 is 30.8 Å². The monoisotopic (exact) mass is 486 g/mol. The van der Waals surface area contributed by atoms with Gasteiger partial charge >= 0.3 is 0 Å². The Hall–Kier alpha value is -2.73. The van der Waals surface area contributed by atoms with E-state index in [0.717, 1.165) is 18.4 Å². The number of hydrogen-bond acceptors (Lipinski definition) is 6. The number of rotatable bonds is 4. The minimum absolute atomic E-state index is 0.00614. The molecular weight excluding hydrogens is 464 g/mol. The van der Waals surface area contributed by atoms with Crippen molar-refractivity contribution in [1.82, 2.24) is 14.6 Å². The van der Waals surface area contributed by atoms with Crippen molar-refractivity contribution in [1.29, 1.82) is 0 Å². The Kier molecular flexibility index (Phi) is 5.64. The van der Waals surface area contributed by atoms with E-state index in [4.69, 9.17) is 4.84 Å². The van der Waals surface area contributed by atoms with Gasteiger partial charge in [-0.25, -0.2) is 30.7 Å². The van der Waals surface area contributed by atoms with Gasteiger partial charge in [-0.15, -0.1) is 0 Å². The number of nitrogens with zero attached hydrogens (tertiary/aromatic N) is 3. The van der Waals surface area contributed by atoms with E-state index in [0.29, 0.717) is 5.56 Å². The van der Waals surface area contributed by atoms with Gasteiger partial charge < -0.3 is 9.74 Å². The van der Waals surface area contributed by atoms with Crippen LogP contribution in [-0.4, -0.2) is 55.4 Å². The predicted octanol–water partition coefficient (Wildman–Crippen LogP) is 3.15. The lowest BCUT2D eigenvalue weighted by Gasteiger charge is -2.25. The second-order valence-corrected chi connectivity index (χ2v) is 10.4. The van der Waals surface area contributed by atoms with Crippen LogP contribution in [0, 0.1) is 18.6 Å². The SMILES string of the molecule is Cc1cnc(C2(C)CC(N3C[C@@H](NS(C)(=O)=O)C(F)(F)C3)=NO2)c(-c2c(F)cccc2F)c1. The van der Waals surface area contributed by atoms with Crippen LogP contribution in [0.25, 0.3) is 11.1 Å². The maximum Gasteiger partial charge on any atom is 0.282 e. The molecule has 178 valence electrons. The lowest BCUT2D eigenvalue weighted by molar-refractivity contribution is -0.0103. The van der Waals surface area contributed by atoms with Crippen LogP contribution in [0.1, 0.15) is 24.6 Å². The molecule has 3 heterocycles. The van der Waals surface area contributed by atoms with Crippen LogP contribution >= 0.6 is 0 Å². The van der Waals surface area contributed by atoms with Gasteiger partial charge in [0.25, 0.3) is 5.92 Å². The summed E-state index contributed by atoms with van der Waals surface area (Å²) in [5, 5.41) is 3.95. The van der Waals surface area contributed by atoms with Crippen molar-refractivity contribution in [3.63, 3.8) is 0 Å². The number of oxime groups is 1. The second-order valence-electron chi connectivity index (χ2n) is 8.60. The predicted molar refractivity (Wildman–Crippen MR) is 113 cm³/mol. The van der Waals surface area contributed by atoms with Gasteiger partial charge in [0.2, 0.25) is 10.0 Å². The molecule has 0 radical (unpaired) electrons. The summed E-state index contributed by atoms with van der Waals surface area (Å²) in [6, 6.07) is 3.46. The van der Waals surface area contributed by atoms with E-state index in [2.05, 4.69) is 10.1 Å². The number of likely N-dealkylation sites (tertiary alicyclic amines) is 1. The number of aryl methyl sites for hydroxylation is 1. The Morgan fingerprint density at radius 3 is 2.55 bits per heavy atom. The number of nitrogens with one attached hydrogen (secondary N) is 1. The first-order valence-electron chi connectivity index (χ1n) is 10.1. The molecule has 33 heavy (non-hydrogen) atoms. The van der Waals surface area contributed by atoms with E-state index in [1.807, 2.05) is 4.72 Å². The van der Waals surface area contributed by atoms with Crippen molar-refractivity contribution in [2.75, 3.05) is 19.3 Å². The van der Waals surface area contributed by atoms with Gasteiger partial charge in [-0.3, -0.25) is 4.98 Å². The van der Waals surface area contributed by atoms with Gasteiger partial charge in [-0.05, 0) is 37.6 Å². The zero-order chi connectivity index (χ0) is 24.2. The molecule has 7 nitrogen and oxygen atoms in total.